The zero-order valence-corrected chi connectivity index (χ0v) is 22.3. The minimum Gasteiger partial charge on any atom is -0.870 e. The molecule has 0 aliphatic rings. The molecule has 1 N–H and O–H groups in total. The molecule has 0 spiro atoms. The van der Waals surface area contributed by atoms with Crippen LogP contribution in [0.5, 0.6) is 11.5 Å². The molecule has 10 nitrogen and oxygen atoms in total. The van der Waals surface area contributed by atoms with Crippen LogP contribution >= 0.6 is 0 Å². The van der Waals surface area contributed by atoms with E-state index in [1.165, 1.54) is 19.2 Å². The third-order valence-electron chi connectivity index (χ3n) is 3.91. The average molecular weight is 482 g/mol. The van der Waals surface area contributed by atoms with Gasteiger partial charge in [-0.1, -0.05) is 11.8 Å². The first-order valence-corrected chi connectivity index (χ1v) is 10.6. The van der Waals surface area contributed by atoms with Gasteiger partial charge in [0.2, 0.25) is 0 Å². The van der Waals surface area contributed by atoms with Crippen LogP contribution in [0, 0.1) is 0 Å². The Morgan fingerprint density at radius 2 is 1.55 bits per heavy atom. The molecule has 3 rings (SSSR count). The third kappa shape index (κ3) is 6.48. The van der Waals surface area contributed by atoms with Gasteiger partial charge in [0.1, 0.15) is 15.9 Å². The summed E-state index contributed by atoms with van der Waals surface area (Å²) < 4.78 is 71.2. The third-order valence-corrected chi connectivity index (χ3v) is 5.60. The van der Waals surface area contributed by atoms with Crippen molar-refractivity contribution in [2.45, 2.75) is 9.79 Å². The maximum Gasteiger partial charge on any atom is 1.00 e. The Bertz CT molecular complexity index is 1340. The van der Waals surface area contributed by atoms with Gasteiger partial charge in [-0.25, -0.2) is 8.42 Å². The Morgan fingerprint density at radius 1 is 0.935 bits per heavy atom. The average Bonchev–Trinajstić information content (AvgIpc) is 2.65. The summed E-state index contributed by atoms with van der Waals surface area (Å²) in [5.74, 6) is -0.575. The quantitative estimate of drug-likeness (QED) is 0.222. The summed E-state index contributed by atoms with van der Waals surface area (Å²) in [7, 11) is -8.30. The van der Waals surface area contributed by atoms with E-state index in [0.717, 1.165) is 24.3 Å². The van der Waals surface area contributed by atoms with E-state index in [9.17, 15) is 31.0 Å². The van der Waals surface area contributed by atoms with Crippen LogP contribution in [-0.2, 0) is 20.2 Å². The van der Waals surface area contributed by atoms with Gasteiger partial charge in [-0.15, -0.1) is 0 Å². The molecule has 0 radical (unpaired) electrons. The largest absolute Gasteiger partial charge is 1.00 e. The predicted molar refractivity (Wildman–Crippen MR) is 98.3 cm³/mol. The van der Waals surface area contributed by atoms with E-state index < -0.39 is 41.5 Å². The topological polar surface area (TPSA) is 169 Å². The van der Waals surface area contributed by atoms with E-state index in [4.69, 9.17) is 4.74 Å². The Labute approximate surface area is 222 Å². The van der Waals surface area contributed by atoms with Crippen molar-refractivity contribution in [3.8, 4) is 11.5 Å². The Hall–Kier alpha value is -1.06. The molecule has 3 aromatic carbocycles. The van der Waals surface area contributed by atoms with Crippen LogP contribution in [0.1, 0.15) is 0 Å². The summed E-state index contributed by atoms with van der Waals surface area (Å²) in [4.78, 5) is -1.66. The number of rotatable bonds is 5. The molecular formula is C17H12N2Na2O8S2. The van der Waals surface area contributed by atoms with Crippen LogP contribution in [0.3, 0.4) is 0 Å². The number of nitrogens with zero attached hydrogens (tertiary/aromatic N) is 2. The van der Waals surface area contributed by atoms with Crippen LogP contribution in [0.15, 0.2) is 68.6 Å². The normalized spacial score (nSPS) is 11.7. The fourth-order valence-corrected chi connectivity index (χ4v) is 3.64. The second kappa shape index (κ2) is 10.7. The monoisotopic (exact) mass is 482 g/mol. The summed E-state index contributed by atoms with van der Waals surface area (Å²) >= 11 is 0. The van der Waals surface area contributed by atoms with Crippen molar-refractivity contribution in [1.82, 2.24) is 0 Å². The molecule has 31 heavy (non-hydrogen) atoms. The molecule has 3 aromatic rings. The molecule has 0 aliphatic heterocycles. The van der Waals surface area contributed by atoms with Crippen LogP contribution in [-0.4, -0.2) is 33.1 Å². The first-order chi connectivity index (χ1) is 13.5. The molecule has 0 unspecified atom stereocenters. The van der Waals surface area contributed by atoms with Gasteiger partial charge in [-0.2, -0.15) is 18.6 Å². The second-order valence-electron chi connectivity index (χ2n) is 5.76. The first-order valence-electron chi connectivity index (χ1n) is 7.77. The van der Waals surface area contributed by atoms with E-state index in [1.54, 1.807) is 12.1 Å². The van der Waals surface area contributed by atoms with E-state index >= 15 is 0 Å². The number of benzene rings is 3. The van der Waals surface area contributed by atoms with Crippen molar-refractivity contribution in [2.75, 3.05) is 7.11 Å². The van der Waals surface area contributed by atoms with Gasteiger partial charge in [0.15, 0.2) is 0 Å². The molecule has 0 heterocycles. The molecular weight excluding hydrogens is 470 g/mol. The Morgan fingerprint density at radius 3 is 2.06 bits per heavy atom. The van der Waals surface area contributed by atoms with Gasteiger partial charge >= 0.3 is 59.1 Å². The molecule has 0 aliphatic carbocycles. The van der Waals surface area contributed by atoms with Crippen molar-refractivity contribution >= 4 is 42.4 Å². The smallest absolute Gasteiger partial charge is 0.870 e. The van der Waals surface area contributed by atoms with Gasteiger partial charge in [0.05, 0.1) is 28.3 Å². The number of hydrogen-bond donors (Lipinski definition) is 1. The number of hydrogen-bond acceptors (Lipinski definition) is 9. The summed E-state index contributed by atoms with van der Waals surface area (Å²) in [5, 5.41) is 20.2. The Kier molecular flexibility index (Phi) is 9.66. The van der Waals surface area contributed by atoms with Gasteiger partial charge < -0.3 is 14.4 Å². The number of azo groups is 1. The summed E-state index contributed by atoms with van der Waals surface area (Å²) in [5.41, 5.74) is -0.129. The SMILES string of the molecule is COc1ccc(N=Nc2c([O-])c(S(=O)(=O)O)cc3cc(S(=O)(=O)[O-])ccc23)cc1.[Na+].[Na+]. The van der Waals surface area contributed by atoms with E-state index in [-0.39, 0.29) is 69.9 Å². The van der Waals surface area contributed by atoms with Crippen LogP contribution in [0.2, 0.25) is 0 Å². The molecule has 0 amide bonds. The van der Waals surface area contributed by atoms with Crippen LogP contribution in [0.4, 0.5) is 11.4 Å². The molecule has 0 saturated heterocycles. The van der Waals surface area contributed by atoms with Gasteiger partial charge in [0.25, 0.3) is 10.1 Å². The van der Waals surface area contributed by atoms with E-state index in [2.05, 4.69) is 10.2 Å². The molecule has 0 aromatic heterocycles. The van der Waals surface area contributed by atoms with Gasteiger partial charge in [0, 0.05) is 5.39 Å². The predicted octanol–water partition coefficient (Wildman–Crippen LogP) is -3.50. The zero-order valence-electron chi connectivity index (χ0n) is 16.6. The summed E-state index contributed by atoms with van der Waals surface area (Å²) in [6.45, 7) is 0. The maximum absolute atomic E-state index is 12.5. The van der Waals surface area contributed by atoms with Crippen molar-refractivity contribution in [3.05, 3.63) is 48.5 Å². The van der Waals surface area contributed by atoms with Crippen molar-refractivity contribution in [3.63, 3.8) is 0 Å². The van der Waals surface area contributed by atoms with Gasteiger partial charge in [-0.05, 0) is 47.9 Å². The molecule has 0 atom stereocenters. The molecule has 0 bridgehead atoms. The summed E-state index contributed by atoms with van der Waals surface area (Å²) in [6, 6.07) is 10.00. The van der Waals surface area contributed by atoms with Gasteiger partial charge in [-0.3, -0.25) is 4.55 Å². The zero-order chi connectivity index (χ0) is 21.4. The molecule has 152 valence electrons. The molecule has 14 heteroatoms. The van der Waals surface area contributed by atoms with Crippen LogP contribution in [0.25, 0.3) is 10.8 Å². The maximum atomic E-state index is 12.5. The summed E-state index contributed by atoms with van der Waals surface area (Å²) in [6.07, 6.45) is 0. The van der Waals surface area contributed by atoms with E-state index in [0.29, 0.717) is 11.4 Å². The second-order valence-corrected chi connectivity index (χ2v) is 8.53. The van der Waals surface area contributed by atoms with E-state index in [1.807, 2.05) is 0 Å². The standard InChI is InChI=1S/C17H14N2O8S2.2Na/c1-27-12-4-2-11(3-5-12)18-19-16-14-7-6-13(28(21,22)23)8-10(14)9-15(17(16)20)29(24,25)26;;/h2-9,20H,1H3,(H,21,22,23)(H,24,25,26);;/q;2*+1/p-2. The fraction of sp³-hybridized carbons (Fsp3) is 0.0588. The van der Waals surface area contributed by atoms with Crippen molar-refractivity contribution in [1.29, 1.82) is 0 Å². The fourth-order valence-electron chi connectivity index (χ4n) is 2.52. The Balaban J connectivity index is 0.00000240. The minimum atomic E-state index is -4.95. The molecule has 0 fully saturated rings. The number of methoxy groups -OCH3 is 1. The van der Waals surface area contributed by atoms with Crippen molar-refractivity contribution in [2.24, 2.45) is 10.2 Å². The van der Waals surface area contributed by atoms with Crippen LogP contribution < -0.4 is 69.0 Å². The molecule has 0 saturated carbocycles. The number of fused-ring (bicyclic) bond motifs is 1. The first kappa shape index (κ1) is 28.0. The number of ether oxygens (including phenoxy) is 1. The van der Waals surface area contributed by atoms with Crippen molar-refractivity contribution < 1.29 is 94.9 Å². The minimum absolute atomic E-state index is 0.